The second-order valence-corrected chi connectivity index (χ2v) is 17.5. The van der Waals surface area contributed by atoms with Crippen molar-refractivity contribution in [2.75, 3.05) is 0 Å². The molecule has 0 unspecified atom stereocenters. The van der Waals surface area contributed by atoms with Crippen LogP contribution in [0.15, 0.2) is 94.7 Å². The number of rotatable bonds is 26. The predicted molar refractivity (Wildman–Crippen MR) is 232 cm³/mol. The minimum Gasteiger partial charge on any atom is -0.871 e. The van der Waals surface area contributed by atoms with Gasteiger partial charge < -0.3 is 24.2 Å². The standard InChI is InChI=1S/2C23H32O5S.Ca/c2*1-2-3-4-5-6-7-8-9-11-14-19-17-21(28-20-15-12-10-13-16-20)18-22(23(19)24)29(25,26)27;/h2*10,12-13,15-18,24H,2-9,11,14H2,1H3,(H,25,26,27);/q;;+2/p-2. The summed E-state index contributed by atoms with van der Waals surface area (Å²) in [5, 5.41) is 22.8. The molecule has 0 aliphatic heterocycles. The maximum atomic E-state index is 12.5. The number of hydrogen-bond acceptors (Lipinski definition) is 9. The van der Waals surface area contributed by atoms with Crippen LogP contribution in [-0.2, 0) is 33.1 Å². The summed E-state index contributed by atoms with van der Waals surface area (Å²) in [5.41, 5.74) is 0.782. The molecule has 59 heavy (non-hydrogen) atoms. The largest absolute Gasteiger partial charge is 2.00 e. The molecule has 0 radical (unpaired) electrons. The van der Waals surface area contributed by atoms with Gasteiger partial charge in [0.15, 0.2) is 0 Å². The number of phenols is 1. The fraction of sp³-hybridized carbons (Fsp3) is 0.478. The van der Waals surface area contributed by atoms with Crippen molar-refractivity contribution in [1.29, 1.82) is 0 Å². The molecule has 0 heterocycles. The van der Waals surface area contributed by atoms with E-state index >= 15 is 0 Å². The molecular formula is C46H62CaO10S2. The van der Waals surface area contributed by atoms with Crippen LogP contribution in [0.25, 0.3) is 0 Å². The first kappa shape index (κ1) is 52.3. The Morgan fingerprint density at radius 3 is 1.25 bits per heavy atom. The maximum Gasteiger partial charge on any atom is 2.00 e. The van der Waals surface area contributed by atoms with E-state index in [-0.39, 0.29) is 49.2 Å². The molecule has 0 atom stereocenters. The van der Waals surface area contributed by atoms with Crippen LogP contribution < -0.4 is 14.6 Å². The van der Waals surface area contributed by atoms with Gasteiger partial charge in [-0.2, -0.15) is 8.42 Å². The Bertz CT molecular complexity index is 1850. The van der Waals surface area contributed by atoms with E-state index in [2.05, 4.69) is 13.8 Å². The summed E-state index contributed by atoms with van der Waals surface area (Å²) in [6.07, 6.45) is 21.8. The smallest absolute Gasteiger partial charge is 0.871 e. The first-order valence-corrected chi connectivity index (χ1v) is 23.8. The van der Waals surface area contributed by atoms with Crippen LogP contribution in [0, 0.1) is 0 Å². The maximum absolute atomic E-state index is 12.5. The van der Waals surface area contributed by atoms with Crippen LogP contribution in [0.3, 0.4) is 0 Å². The molecule has 4 rings (SSSR count). The second kappa shape index (κ2) is 28.6. The first-order valence-electron chi connectivity index (χ1n) is 20.9. The Morgan fingerprint density at radius 2 is 0.864 bits per heavy atom. The zero-order valence-electron chi connectivity index (χ0n) is 34.9. The molecule has 0 saturated heterocycles. The Kier molecular flexibility index (Phi) is 25.4. The molecular weight excluding hydrogens is 817 g/mol. The fourth-order valence-electron chi connectivity index (χ4n) is 6.65. The third-order valence-corrected chi connectivity index (χ3v) is 11.5. The number of benzene rings is 4. The van der Waals surface area contributed by atoms with E-state index < -0.39 is 41.5 Å². The Morgan fingerprint density at radius 1 is 0.508 bits per heavy atom. The van der Waals surface area contributed by atoms with Gasteiger partial charge in [-0.15, -0.1) is 0 Å². The third kappa shape index (κ3) is 20.5. The number of aryl methyl sites for hydroxylation is 2. The summed E-state index contributed by atoms with van der Waals surface area (Å²) in [5.74, 6) is 0.416. The summed E-state index contributed by atoms with van der Waals surface area (Å²) < 4.78 is 78.8. The van der Waals surface area contributed by atoms with Gasteiger partial charge in [0.05, 0.1) is 4.90 Å². The van der Waals surface area contributed by atoms with Gasteiger partial charge in [0.2, 0.25) is 0 Å². The number of hydrogen-bond donors (Lipinski definition) is 2. The number of unbranched alkanes of at least 4 members (excludes halogenated alkanes) is 16. The van der Waals surface area contributed by atoms with Gasteiger partial charge in [-0.1, -0.05) is 164 Å². The van der Waals surface area contributed by atoms with Crippen LogP contribution >= 0.6 is 0 Å². The van der Waals surface area contributed by atoms with Gasteiger partial charge in [0.1, 0.15) is 43.8 Å². The predicted octanol–water partition coefficient (Wildman–Crippen LogP) is 11.7. The Balaban J connectivity index is 0.000000400. The molecule has 0 fully saturated rings. The summed E-state index contributed by atoms with van der Waals surface area (Å²) in [6.45, 7) is 4.41. The zero-order chi connectivity index (χ0) is 42.2. The van der Waals surface area contributed by atoms with Crippen molar-refractivity contribution in [1.82, 2.24) is 0 Å². The monoisotopic (exact) mass is 878 g/mol. The molecule has 10 nitrogen and oxygen atoms in total. The molecule has 0 spiro atoms. The quantitative estimate of drug-likeness (QED) is 0.0351. The van der Waals surface area contributed by atoms with Gasteiger partial charge in [-0.05, 0) is 73.7 Å². The van der Waals surface area contributed by atoms with Crippen LogP contribution in [-0.4, -0.2) is 68.8 Å². The fourth-order valence-corrected chi connectivity index (χ4v) is 7.91. The number of aromatic hydroxyl groups is 1. The molecule has 4 aromatic rings. The van der Waals surface area contributed by atoms with E-state index in [1.165, 1.54) is 77.0 Å². The van der Waals surface area contributed by atoms with Crippen molar-refractivity contribution in [3.63, 3.8) is 0 Å². The van der Waals surface area contributed by atoms with Crippen molar-refractivity contribution in [2.24, 2.45) is 0 Å². The van der Waals surface area contributed by atoms with Gasteiger partial charge >= 0.3 is 37.7 Å². The van der Waals surface area contributed by atoms with E-state index in [1.54, 1.807) is 48.5 Å². The van der Waals surface area contributed by atoms with Crippen LogP contribution in [0.5, 0.6) is 34.5 Å². The molecule has 0 aliphatic rings. The summed E-state index contributed by atoms with van der Waals surface area (Å²) in [7, 11) is -9.41. The van der Waals surface area contributed by atoms with Crippen LogP contribution in [0.2, 0.25) is 0 Å². The number of para-hydroxylation sites is 2. The van der Waals surface area contributed by atoms with Gasteiger partial charge in [0, 0.05) is 6.07 Å². The molecule has 0 bridgehead atoms. The average molecular weight is 879 g/mol. The second-order valence-electron chi connectivity index (χ2n) is 14.8. The normalized spacial score (nSPS) is 11.3. The average Bonchev–Trinajstić information content (AvgIpc) is 3.19. The number of phenolic OH excluding ortho intramolecular Hbond substituents is 1. The van der Waals surface area contributed by atoms with Crippen LogP contribution in [0.1, 0.15) is 141 Å². The third-order valence-electron chi connectivity index (χ3n) is 9.84. The minimum absolute atomic E-state index is 0. The van der Waals surface area contributed by atoms with Crippen molar-refractivity contribution in [2.45, 2.75) is 152 Å². The molecule has 4 aromatic carbocycles. The molecule has 0 saturated carbocycles. The van der Waals surface area contributed by atoms with E-state index in [9.17, 15) is 36.2 Å². The minimum atomic E-state index is -4.86. The first-order chi connectivity index (χ1) is 27.8. The SMILES string of the molecule is CCCCCCCCCCCc1cc(Oc2ccccc2)cc(S(=O)(=O)O)c1O.CCCCCCCCCCCc1cc(Oc2ccccc2)cc(S(=O)(=O)[O-])c1[O-].[Ca+2]. The van der Waals surface area contributed by atoms with Gasteiger partial charge in [-0.3, -0.25) is 4.55 Å². The zero-order valence-corrected chi connectivity index (χ0v) is 38.8. The Labute approximate surface area is 383 Å². The molecule has 0 amide bonds. The van der Waals surface area contributed by atoms with Crippen molar-refractivity contribution < 1.29 is 45.6 Å². The number of ether oxygens (including phenoxy) is 2. The topological polar surface area (TPSA) is 173 Å². The summed E-state index contributed by atoms with van der Waals surface area (Å²) in [4.78, 5) is -1.26. The van der Waals surface area contributed by atoms with Crippen molar-refractivity contribution >= 4 is 58.0 Å². The van der Waals surface area contributed by atoms with E-state index in [1.807, 2.05) is 24.3 Å². The van der Waals surface area contributed by atoms with E-state index in [4.69, 9.17) is 9.47 Å². The van der Waals surface area contributed by atoms with Gasteiger partial charge in [-0.25, -0.2) is 8.42 Å². The summed E-state index contributed by atoms with van der Waals surface area (Å²) >= 11 is 0. The molecule has 0 aromatic heterocycles. The van der Waals surface area contributed by atoms with Crippen LogP contribution in [0.4, 0.5) is 0 Å². The van der Waals surface area contributed by atoms with Crippen molar-refractivity contribution in [3.8, 4) is 34.5 Å². The van der Waals surface area contributed by atoms with E-state index in [0.29, 0.717) is 35.5 Å². The van der Waals surface area contributed by atoms with Crippen molar-refractivity contribution in [3.05, 3.63) is 96.1 Å². The van der Waals surface area contributed by atoms with E-state index in [0.717, 1.165) is 50.7 Å². The molecule has 2 N–H and O–H groups in total. The summed E-state index contributed by atoms with van der Waals surface area (Å²) in [6, 6.07) is 23.2. The molecule has 320 valence electrons. The molecule has 0 aliphatic carbocycles. The van der Waals surface area contributed by atoms with Gasteiger partial charge in [0.25, 0.3) is 10.1 Å². The molecule has 13 heteroatoms. The Hall–Kier alpha value is -2.84.